The molecule has 0 bridgehead atoms. The number of β-lactam (4-membered cyclic amide) rings is 1. The van der Waals surface area contributed by atoms with Crippen molar-refractivity contribution < 1.29 is 34.2 Å². The molecule has 0 aromatic heterocycles. The number of carboxylic acid groups (broad SMARTS) is 2. The van der Waals surface area contributed by atoms with Crippen molar-refractivity contribution in [2.75, 3.05) is 6.54 Å². The van der Waals surface area contributed by atoms with Gasteiger partial charge in [-0.3, -0.25) is 14.4 Å². The summed E-state index contributed by atoms with van der Waals surface area (Å²) in [5.41, 5.74) is 5.15. The summed E-state index contributed by atoms with van der Waals surface area (Å²) in [6.07, 6.45) is 0.994. The predicted octanol–water partition coefficient (Wildman–Crippen LogP) is -1.29. The van der Waals surface area contributed by atoms with Crippen LogP contribution >= 0.6 is 11.8 Å². The second kappa shape index (κ2) is 8.99. The summed E-state index contributed by atoms with van der Waals surface area (Å²) in [5.74, 6) is -3.59. The SMILES string of the molecule is CC1(C)S[C@@H]2[C@H](NC(=O)CCCCC(NC(=O)CN)C(=O)O)C(=O)N2[C@H]1C(=O)O. The maximum absolute atomic E-state index is 12.3. The minimum atomic E-state index is -1.18. The van der Waals surface area contributed by atoms with Crippen LogP contribution in [-0.2, 0) is 24.0 Å². The zero-order valence-electron chi connectivity index (χ0n) is 16.2. The Bertz CT molecular complexity index is 714. The standard InChI is InChI=1S/C17H26N4O7S/c1-17(2)12(16(27)28)21-13(24)11(14(21)29-17)20-9(22)6-4-3-5-8(15(25)26)19-10(23)7-18/h8,11-12,14H,3-7,18H2,1-2H3,(H,19,23)(H,20,22)(H,25,26)(H,27,28)/t8?,11-,12+,14-/m1/s1. The van der Waals surface area contributed by atoms with Crippen molar-refractivity contribution in [1.29, 1.82) is 0 Å². The van der Waals surface area contributed by atoms with Crippen molar-refractivity contribution in [3.8, 4) is 0 Å². The Morgan fingerprint density at radius 3 is 2.41 bits per heavy atom. The van der Waals surface area contributed by atoms with Gasteiger partial charge in [-0.1, -0.05) is 6.42 Å². The molecule has 2 aliphatic rings. The number of aliphatic carboxylic acids is 2. The Hall–Kier alpha value is -2.34. The Morgan fingerprint density at radius 1 is 1.21 bits per heavy atom. The zero-order valence-corrected chi connectivity index (χ0v) is 17.0. The van der Waals surface area contributed by atoms with Gasteiger partial charge >= 0.3 is 11.9 Å². The number of hydrogen-bond acceptors (Lipinski definition) is 7. The predicted molar refractivity (Wildman–Crippen MR) is 103 cm³/mol. The average molecular weight is 430 g/mol. The normalized spacial score (nSPS) is 25.6. The van der Waals surface area contributed by atoms with Gasteiger partial charge in [0.05, 0.1) is 6.54 Å². The Balaban J connectivity index is 1.78. The maximum atomic E-state index is 12.3. The van der Waals surface area contributed by atoms with E-state index in [1.165, 1.54) is 16.7 Å². The number of carboxylic acids is 2. The van der Waals surface area contributed by atoms with Gasteiger partial charge in [0.2, 0.25) is 17.7 Å². The largest absolute Gasteiger partial charge is 0.480 e. The maximum Gasteiger partial charge on any atom is 0.327 e. The minimum absolute atomic E-state index is 0.0874. The number of nitrogens with zero attached hydrogens (tertiary/aromatic N) is 1. The van der Waals surface area contributed by atoms with E-state index in [4.69, 9.17) is 10.8 Å². The first-order valence-corrected chi connectivity index (χ1v) is 10.1. The smallest absolute Gasteiger partial charge is 0.327 e. The van der Waals surface area contributed by atoms with E-state index in [2.05, 4.69) is 10.6 Å². The van der Waals surface area contributed by atoms with E-state index in [1.807, 2.05) is 0 Å². The van der Waals surface area contributed by atoms with Gasteiger partial charge in [-0.25, -0.2) is 9.59 Å². The highest BCUT2D eigenvalue weighted by Gasteiger charge is 2.64. The molecule has 0 spiro atoms. The van der Waals surface area contributed by atoms with Crippen LogP contribution in [0.5, 0.6) is 0 Å². The van der Waals surface area contributed by atoms with Crippen molar-refractivity contribution in [3.63, 3.8) is 0 Å². The van der Waals surface area contributed by atoms with E-state index in [0.717, 1.165) is 0 Å². The van der Waals surface area contributed by atoms with Crippen molar-refractivity contribution in [2.45, 2.75) is 67.8 Å². The summed E-state index contributed by atoms with van der Waals surface area (Å²) in [5, 5.41) is 23.0. The van der Waals surface area contributed by atoms with Gasteiger partial charge in [-0.2, -0.15) is 0 Å². The van der Waals surface area contributed by atoms with Crippen LogP contribution in [0.1, 0.15) is 39.5 Å². The molecule has 0 aromatic rings. The Kier molecular flexibility index (Phi) is 7.11. The summed E-state index contributed by atoms with van der Waals surface area (Å²) >= 11 is 1.34. The summed E-state index contributed by atoms with van der Waals surface area (Å²) in [6.45, 7) is 3.20. The highest BCUT2D eigenvalue weighted by molar-refractivity contribution is 8.01. The fourth-order valence-electron chi connectivity index (χ4n) is 3.54. The molecule has 2 rings (SSSR count). The van der Waals surface area contributed by atoms with Gasteiger partial charge in [0.15, 0.2) is 0 Å². The Labute approximate surface area is 171 Å². The fraction of sp³-hybridized carbons (Fsp3) is 0.706. The quantitative estimate of drug-likeness (QED) is 0.208. The molecule has 4 atom stereocenters. The van der Waals surface area contributed by atoms with Crippen LogP contribution in [0.4, 0.5) is 0 Å². The van der Waals surface area contributed by atoms with Crippen molar-refractivity contribution >= 4 is 41.4 Å². The first-order valence-electron chi connectivity index (χ1n) is 9.24. The number of hydrogen-bond donors (Lipinski definition) is 5. The number of carbonyl (C=O) groups is 5. The van der Waals surface area contributed by atoms with Crippen molar-refractivity contribution in [3.05, 3.63) is 0 Å². The lowest BCUT2D eigenvalue weighted by atomic mass is 9.96. The molecule has 162 valence electrons. The van der Waals surface area contributed by atoms with E-state index in [1.54, 1.807) is 13.8 Å². The topological polar surface area (TPSA) is 179 Å². The number of fused-ring (bicyclic) bond motifs is 1. The number of nitrogens with one attached hydrogen (secondary N) is 2. The monoisotopic (exact) mass is 430 g/mol. The van der Waals surface area contributed by atoms with Crippen LogP contribution in [0.25, 0.3) is 0 Å². The van der Waals surface area contributed by atoms with Crippen molar-refractivity contribution in [1.82, 2.24) is 15.5 Å². The molecule has 0 saturated carbocycles. The molecule has 2 heterocycles. The lowest BCUT2D eigenvalue weighted by molar-refractivity contribution is -0.161. The third kappa shape index (κ3) is 4.99. The van der Waals surface area contributed by atoms with Gasteiger partial charge in [-0.05, 0) is 26.7 Å². The summed E-state index contributed by atoms with van der Waals surface area (Å²) < 4.78 is -0.661. The molecule has 1 unspecified atom stereocenters. The van der Waals surface area contributed by atoms with E-state index >= 15 is 0 Å². The molecule has 29 heavy (non-hydrogen) atoms. The zero-order chi connectivity index (χ0) is 21.9. The molecule has 2 saturated heterocycles. The van der Waals surface area contributed by atoms with E-state index in [9.17, 15) is 29.1 Å². The van der Waals surface area contributed by atoms with Crippen LogP contribution < -0.4 is 16.4 Å². The Morgan fingerprint density at radius 2 is 1.86 bits per heavy atom. The molecule has 0 aromatic carbocycles. The summed E-state index contributed by atoms with van der Waals surface area (Å²) in [7, 11) is 0. The molecule has 12 heteroatoms. The molecule has 11 nitrogen and oxygen atoms in total. The van der Waals surface area contributed by atoms with Crippen molar-refractivity contribution in [2.24, 2.45) is 5.73 Å². The van der Waals surface area contributed by atoms with Gasteiger partial charge in [0.1, 0.15) is 23.5 Å². The molecule has 0 radical (unpaired) electrons. The summed E-state index contributed by atoms with van der Waals surface area (Å²) in [4.78, 5) is 59.6. The number of thioether (sulfide) groups is 1. The molecule has 6 N–H and O–H groups in total. The second-order valence-corrected chi connectivity index (χ2v) is 9.32. The fourth-order valence-corrected chi connectivity index (χ4v) is 5.16. The van der Waals surface area contributed by atoms with Crippen LogP contribution in [0.3, 0.4) is 0 Å². The van der Waals surface area contributed by atoms with E-state index in [-0.39, 0.29) is 25.3 Å². The highest BCUT2D eigenvalue weighted by atomic mass is 32.2. The van der Waals surface area contributed by atoms with Crippen LogP contribution in [0, 0.1) is 0 Å². The van der Waals surface area contributed by atoms with Crippen LogP contribution in [-0.4, -0.2) is 79.6 Å². The molecule has 2 fully saturated rings. The molecular weight excluding hydrogens is 404 g/mol. The molecular formula is C17H26N4O7S. The number of amides is 3. The van der Waals surface area contributed by atoms with E-state index < -0.39 is 52.0 Å². The molecule has 0 aliphatic carbocycles. The van der Waals surface area contributed by atoms with Gasteiger partial charge in [-0.15, -0.1) is 11.8 Å². The minimum Gasteiger partial charge on any atom is -0.480 e. The first-order chi connectivity index (χ1) is 13.5. The number of carbonyl (C=O) groups excluding carboxylic acids is 3. The average Bonchev–Trinajstić information content (AvgIpc) is 2.89. The number of nitrogens with two attached hydrogens (primary N) is 1. The summed E-state index contributed by atoms with van der Waals surface area (Å²) in [6, 6.07) is -2.76. The van der Waals surface area contributed by atoms with Gasteiger partial charge in [0, 0.05) is 11.2 Å². The molecule has 2 aliphatic heterocycles. The van der Waals surface area contributed by atoms with Crippen LogP contribution in [0.15, 0.2) is 0 Å². The van der Waals surface area contributed by atoms with Crippen LogP contribution in [0.2, 0.25) is 0 Å². The number of unbranched alkanes of at least 4 members (excludes halogenated alkanes) is 1. The number of rotatable bonds is 10. The molecule has 3 amide bonds. The van der Waals surface area contributed by atoms with Gasteiger partial charge in [0.25, 0.3) is 0 Å². The highest BCUT2D eigenvalue weighted by Crippen LogP contribution is 2.50. The van der Waals surface area contributed by atoms with Gasteiger partial charge < -0.3 is 31.5 Å². The third-order valence-corrected chi connectivity index (χ3v) is 6.53. The van der Waals surface area contributed by atoms with E-state index in [0.29, 0.717) is 12.8 Å². The lowest BCUT2D eigenvalue weighted by Crippen LogP contribution is -2.70. The third-order valence-electron chi connectivity index (χ3n) is 4.96. The first kappa shape index (κ1) is 22.9. The lowest BCUT2D eigenvalue weighted by Gasteiger charge is -2.43. The second-order valence-electron chi connectivity index (χ2n) is 7.55.